The van der Waals surface area contributed by atoms with E-state index in [9.17, 15) is 4.79 Å². The molecule has 3 aliphatic rings. The zero-order chi connectivity index (χ0) is 12.5. The molecule has 0 aromatic heterocycles. The fraction of sp³-hybridized carbons (Fsp3) is 0.933. The van der Waals surface area contributed by atoms with Gasteiger partial charge in [0.1, 0.15) is 0 Å². The van der Waals surface area contributed by atoms with Gasteiger partial charge in [-0.2, -0.15) is 0 Å². The van der Waals surface area contributed by atoms with E-state index in [4.69, 9.17) is 4.74 Å². The molecule has 2 saturated heterocycles. The van der Waals surface area contributed by atoms with Crippen LogP contribution in [0.4, 0.5) is 0 Å². The minimum absolute atomic E-state index is 0.329. The molecule has 0 bridgehead atoms. The Morgan fingerprint density at radius 3 is 2.72 bits per heavy atom. The summed E-state index contributed by atoms with van der Waals surface area (Å²) < 4.78 is 5.90. The second-order valence-electron chi connectivity index (χ2n) is 6.39. The summed E-state index contributed by atoms with van der Waals surface area (Å²) in [5, 5.41) is 0. The lowest BCUT2D eigenvalue weighted by Gasteiger charge is -2.36. The number of hydrogen-bond acceptors (Lipinski definition) is 2. The van der Waals surface area contributed by atoms with Crippen molar-refractivity contribution >= 4 is 5.91 Å². The summed E-state index contributed by atoms with van der Waals surface area (Å²) in [5.41, 5.74) is 0. The predicted octanol–water partition coefficient (Wildman–Crippen LogP) is 2.59. The van der Waals surface area contributed by atoms with Crippen LogP contribution in [0.1, 0.15) is 51.9 Å². The maximum atomic E-state index is 12.5. The lowest BCUT2D eigenvalue weighted by molar-refractivity contribution is -0.139. The Morgan fingerprint density at radius 2 is 1.94 bits per heavy atom. The molecular formula is C15H25NO2. The lowest BCUT2D eigenvalue weighted by Crippen LogP contribution is -2.47. The van der Waals surface area contributed by atoms with Gasteiger partial charge >= 0.3 is 0 Å². The summed E-state index contributed by atoms with van der Waals surface area (Å²) in [6.07, 6.45) is 9.06. The normalized spacial score (nSPS) is 37.6. The quantitative estimate of drug-likeness (QED) is 0.717. The molecule has 3 heteroatoms. The number of ether oxygens (including phenoxy) is 1. The summed E-state index contributed by atoms with van der Waals surface area (Å²) >= 11 is 0. The average Bonchev–Trinajstić information content (AvgIpc) is 2.78. The van der Waals surface area contributed by atoms with Gasteiger partial charge in [0.05, 0.1) is 12.2 Å². The van der Waals surface area contributed by atoms with Crippen LogP contribution in [-0.2, 0) is 9.53 Å². The zero-order valence-corrected chi connectivity index (χ0v) is 11.4. The third-order valence-electron chi connectivity index (χ3n) is 4.97. The zero-order valence-electron chi connectivity index (χ0n) is 11.4. The van der Waals surface area contributed by atoms with Crippen molar-refractivity contribution in [3.05, 3.63) is 0 Å². The molecule has 2 heterocycles. The number of hydrogen-bond donors (Lipinski definition) is 0. The standard InChI is InChI=1S/C15H25NO2/c1-11-9-13-10-16(8-7-14(13)18-11)15(17)12-5-3-2-4-6-12/h11-14H,2-10H2,1H3/t11-,13-,14+/m0/s1. The van der Waals surface area contributed by atoms with E-state index >= 15 is 0 Å². The first kappa shape index (κ1) is 12.5. The van der Waals surface area contributed by atoms with Gasteiger partial charge in [-0.15, -0.1) is 0 Å². The van der Waals surface area contributed by atoms with E-state index in [2.05, 4.69) is 11.8 Å². The topological polar surface area (TPSA) is 29.5 Å². The molecule has 0 aromatic carbocycles. The number of likely N-dealkylation sites (tertiary alicyclic amines) is 1. The molecule has 102 valence electrons. The van der Waals surface area contributed by atoms with Crippen molar-refractivity contribution in [1.82, 2.24) is 4.90 Å². The number of carbonyl (C=O) groups is 1. The van der Waals surface area contributed by atoms with Crippen LogP contribution in [0.3, 0.4) is 0 Å². The largest absolute Gasteiger partial charge is 0.375 e. The highest BCUT2D eigenvalue weighted by Crippen LogP contribution is 2.34. The van der Waals surface area contributed by atoms with E-state index in [1.165, 1.54) is 19.3 Å². The van der Waals surface area contributed by atoms with Crippen LogP contribution in [0.15, 0.2) is 0 Å². The Kier molecular flexibility index (Phi) is 3.60. The van der Waals surface area contributed by atoms with Crippen molar-refractivity contribution in [1.29, 1.82) is 0 Å². The third-order valence-corrected chi connectivity index (χ3v) is 4.97. The summed E-state index contributed by atoms with van der Waals surface area (Å²) in [6.45, 7) is 4.03. The van der Waals surface area contributed by atoms with Gasteiger partial charge in [-0.05, 0) is 32.6 Å². The smallest absolute Gasteiger partial charge is 0.225 e. The molecular weight excluding hydrogens is 226 g/mol. The monoisotopic (exact) mass is 251 g/mol. The van der Waals surface area contributed by atoms with Crippen LogP contribution in [0.2, 0.25) is 0 Å². The van der Waals surface area contributed by atoms with Gasteiger partial charge in [-0.25, -0.2) is 0 Å². The minimum Gasteiger partial charge on any atom is -0.375 e. The van der Waals surface area contributed by atoms with Crippen LogP contribution in [0, 0.1) is 11.8 Å². The Labute approximate surface area is 110 Å². The number of rotatable bonds is 1. The van der Waals surface area contributed by atoms with Crippen LogP contribution in [-0.4, -0.2) is 36.1 Å². The van der Waals surface area contributed by atoms with E-state index in [1.54, 1.807) is 0 Å². The highest BCUT2D eigenvalue weighted by molar-refractivity contribution is 5.79. The molecule has 0 radical (unpaired) electrons. The lowest BCUT2D eigenvalue weighted by atomic mass is 9.86. The van der Waals surface area contributed by atoms with Gasteiger partial charge < -0.3 is 9.64 Å². The van der Waals surface area contributed by atoms with Gasteiger partial charge in [-0.1, -0.05) is 19.3 Å². The van der Waals surface area contributed by atoms with Crippen LogP contribution >= 0.6 is 0 Å². The van der Waals surface area contributed by atoms with E-state index < -0.39 is 0 Å². The molecule has 3 nitrogen and oxygen atoms in total. The first-order chi connectivity index (χ1) is 8.74. The van der Waals surface area contributed by atoms with Gasteiger partial charge in [0.25, 0.3) is 0 Å². The molecule has 0 unspecified atom stereocenters. The number of nitrogens with zero attached hydrogens (tertiary/aromatic N) is 1. The number of carbonyl (C=O) groups excluding carboxylic acids is 1. The van der Waals surface area contributed by atoms with Crippen molar-refractivity contribution in [2.24, 2.45) is 11.8 Å². The maximum absolute atomic E-state index is 12.5. The summed E-state index contributed by atoms with van der Waals surface area (Å²) in [5.74, 6) is 1.36. The molecule has 3 fully saturated rings. The molecule has 1 aliphatic carbocycles. The molecule has 2 aliphatic heterocycles. The SMILES string of the molecule is C[C@H]1C[C@H]2CN(C(=O)C3CCCCC3)CC[C@H]2O1. The Bertz CT molecular complexity index is 312. The van der Waals surface area contributed by atoms with Crippen LogP contribution in [0.25, 0.3) is 0 Å². The van der Waals surface area contributed by atoms with E-state index in [0.717, 1.165) is 38.8 Å². The molecule has 3 atom stereocenters. The Balaban J connectivity index is 1.58. The predicted molar refractivity (Wildman–Crippen MR) is 70.2 cm³/mol. The Morgan fingerprint density at radius 1 is 1.17 bits per heavy atom. The van der Waals surface area contributed by atoms with Gasteiger partial charge in [0.2, 0.25) is 5.91 Å². The second-order valence-corrected chi connectivity index (χ2v) is 6.39. The van der Waals surface area contributed by atoms with Crippen LogP contribution < -0.4 is 0 Å². The van der Waals surface area contributed by atoms with Crippen molar-refractivity contribution < 1.29 is 9.53 Å². The van der Waals surface area contributed by atoms with E-state index in [1.807, 2.05) is 0 Å². The number of fused-ring (bicyclic) bond motifs is 1. The molecule has 1 amide bonds. The molecule has 1 saturated carbocycles. The first-order valence-electron chi connectivity index (χ1n) is 7.68. The van der Waals surface area contributed by atoms with Crippen molar-refractivity contribution in [2.45, 2.75) is 64.1 Å². The van der Waals surface area contributed by atoms with Gasteiger partial charge in [-0.3, -0.25) is 4.79 Å². The third kappa shape index (κ3) is 2.42. The fourth-order valence-corrected chi connectivity index (χ4v) is 4.00. The van der Waals surface area contributed by atoms with Crippen LogP contribution in [0.5, 0.6) is 0 Å². The van der Waals surface area contributed by atoms with Crippen molar-refractivity contribution in [3.63, 3.8) is 0 Å². The van der Waals surface area contributed by atoms with Gasteiger partial charge in [0.15, 0.2) is 0 Å². The molecule has 3 rings (SSSR count). The van der Waals surface area contributed by atoms with Crippen molar-refractivity contribution in [3.8, 4) is 0 Å². The number of amides is 1. The molecule has 18 heavy (non-hydrogen) atoms. The summed E-state index contributed by atoms with van der Waals surface area (Å²) in [4.78, 5) is 14.6. The highest BCUT2D eigenvalue weighted by Gasteiger charge is 2.39. The minimum atomic E-state index is 0.329. The first-order valence-corrected chi connectivity index (χ1v) is 7.68. The molecule has 0 aromatic rings. The average molecular weight is 251 g/mol. The fourth-order valence-electron chi connectivity index (χ4n) is 4.00. The van der Waals surface area contributed by atoms with E-state index in [0.29, 0.717) is 30.0 Å². The molecule has 0 spiro atoms. The highest BCUT2D eigenvalue weighted by atomic mass is 16.5. The summed E-state index contributed by atoms with van der Waals surface area (Å²) in [7, 11) is 0. The van der Waals surface area contributed by atoms with Gasteiger partial charge in [0, 0.05) is 24.9 Å². The maximum Gasteiger partial charge on any atom is 0.225 e. The number of piperidine rings is 1. The van der Waals surface area contributed by atoms with E-state index in [-0.39, 0.29) is 0 Å². The summed E-state index contributed by atoms with van der Waals surface area (Å²) in [6, 6.07) is 0. The van der Waals surface area contributed by atoms with Crippen molar-refractivity contribution in [2.75, 3.05) is 13.1 Å². The molecule has 0 N–H and O–H groups in total. The Hall–Kier alpha value is -0.570. The second kappa shape index (κ2) is 5.20.